The van der Waals surface area contributed by atoms with Crippen LogP contribution in [0.15, 0.2) is 12.1 Å². The van der Waals surface area contributed by atoms with Gasteiger partial charge in [0.05, 0.1) is 12.0 Å². The number of ether oxygens (including phenoxy) is 1. The highest BCUT2D eigenvalue weighted by Crippen LogP contribution is 2.17. The molecule has 0 aromatic carbocycles. The lowest BCUT2D eigenvalue weighted by Crippen LogP contribution is -2.24. The van der Waals surface area contributed by atoms with Gasteiger partial charge in [0.15, 0.2) is 0 Å². The molecule has 0 saturated heterocycles. The van der Waals surface area contributed by atoms with E-state index in [-0.39, 0.29) is 12.5 Å². The van der Waals surface area contributed by atoms with Gasteiger partial charge in [-0.2, -0.15) is 0 Å². The van der Waals surface area contributed by atoms with Gasteiger partial charge in [-0.3, -0.25) is 4.79 Å². The Morgan fingerprint density at radius 1 is 1.44 bits per heavy atom. The van der Waals surface area contributed by atoms with Gasteiger partial charge >= 0.3 is 5.97 Å². The van der Waals surface area contributed by atoms with Crippen molar-refractivity contribution in [2.75, 3.05) is 20.3 Å². The van der Waals surface area contributed by atoms with Crippen LogP contribution in [0.1, 0.15) is 25.8 Å². The topological polar surface area (TPSA) is 75.6 Å². The van der Waals surface area contributed by atoms with Crippen LogP contribution in [-0.2, 0) is 4.74 Å². The maximum absolute atomic E-state index is 11.5. The van der Waals surface area contributed by atoms with Crippen molar-refractivity contribution in [3.05, 3.63) is 21.9 Å². The fraction of sp³-hybridized carbons (Fsp3) is 0.400. The Kier molecular flexibility index (Phi) is 4.94. The van der Waals surface area contributed by atoms with E-state index < -0.39 is 5.97 Å². The summed E-state index contributed by atoms with van der Waals surface area (Å²) in [4.78, 5) is 23.5. The molecule has 0 unspecified atom stereocenters. The van der Waals surface area contributed by atoms with Crippen LogP contribution in [0.2, 0.25) is 0 Å². The monoisotopic (exact) mass is 243 g/mol. The zero-order valence-corrected chi connectivity index (χ0v) is 9.67. The van der Waals surface area contributed by atoms with Gasteiger partial charge in [-0.15, -0.1) is 11.3 Å². The van der Waals surface area contributed by atoms with Crippen LogP contribution in [0.3, 0.4) is 0 Å². The number of amides is 1. The first-order valence-electron chi connectivity index (χ1n) is 4.76. The second-order valence-electron chi connectivity index (χ2n) is 2.99. The van der Waals surface area contributed by atoms with Gasteiger partial charge in [-0.1, -0.05) is 0 Å². The average molecular weight is 243 g/mol. The summed E-state index contributed by atoms with van der Waals surface area (Å²) in [5.74, 6) is -0.687. The second-order valence-corrected chi connectivity index (χ2v) is 4.07. The Hall–Kier alpha value is -1.40. The summed E-state index contributed by atoms with van der Waals surface area (Å²) < 4.78 is 4.53. The van der Waals surface area contributed by atoms with E-state index >= 15 is 0 Å². The predicted octanol–water partition coefficient (Wildman–Crippen LogP) is 0.647. The molecule has 0 atom stereocenters. The smallest absolute Gasteiger partial charge is 0.348 e. The second kappa shape index (κ2) is 6.24. The van der Waals surface area contributed by atoms with Crippen molar-refractivity contribution in [1.29, 1.82) is 0 Å². The highest BCUT2D eigenvalue weighted by molar-refractivity contribution is 7.15. The molecule has 6 heteroatoms. The standard InChI is InChI=1S/C10H13NO4S/c1-15-10(14)8-4-3-7(16-8)9(13)11-5-2-6-12/h3-4,12H,2,5-6H2,1H3,(H,11,13). The molecule has 1 rings (SSSR count). The maximum Gasteiger partial charge on any atom is 0.348 e. The molecule has 0 fully saturated rings. The van der Waals surface area contributed by atoms with Crippen LogP contribution in [0, 0.1) is 0 Å². The summed E-state index contributed by atoms with van der Waals surface area (Å²) in [6, 6.07) is 3.13. The summed E-state index contributed by atoms with van der Waals surface area (Å²) in [6.07, 6.45) is 0.515. The van der Waals surface area contributed by atoms with E-state index in [2.05, 4.69) is 10.1 Å². The van der Waals surface area contributed by atoms with Crippen LogP contribution < -0.4 is 5.32 Å². The SMILES string of the molecule is COC(=O)c1ccc(C(=O)NCCCO)s1. The molecule has 1 amide bonds. The van der Waals surface area contributed by atoms with E-state index in [9.17, 15) is 9.59 Å². The van der Waals surface area contributed by atoms with Crippen molar-refractivity contribution in [2.24, 2.45) is 0 Å². The van der Waals surface area contributed by atoms with Crippen LogP contribution in [0.5, 0.6) is 0 Å². The molecule has 0 aliphatic rings. The molecule has 1 heterocycles. The van der Waals surface area contributed by atoms with Crippen LogP contribution in [0.4, 0.5) is 0 Å². The van der Waals surface area contributed by atoms with Crippen molar-refractivity contribution in [3.63, 3.8) is 0 Å². The van der Waals surface area contributed by atoms with Crippen LogP contribution in [-0.4, -0.2) is 37.2 Å². The van der Waals surface area contributed by atoms with E-state index in [0.717, 1.165) is 11.3 Å². The van der Waals surface area contributed by atoms with E-state index in [1.807, 2.05) is 0 Å². The van der Waals surface area contributed by atoms with Crippen molar-refractivity contribution in [1.82, 2.24) is 5.32 Å². The molecular formula is C10H13NO4S. The first-order chi connectivity index (χ1) is 7.69. The minimum atomic E-state index is -0.445. The van der Waals surface area contributed by atoms with Gasteiger partial charge in [0, 0.05) is 13.2 Å². The number of aliphatic hydroxyl groups excluding tert-OH is 1. The number of aliphatic hydroxyl groups is 1. The average Bonchev–Trinajstić information content (AvgIpc) is 2.77. The number of esters is 1. The third-order valence-corrected chi connectivity index (χ3v) is 2.90. The highest BCUT2D eigenvalue weighted by Gasteiger charge is 2.13. The number of thiophene rings is 1. The molecule has 0 aliphatic carbocycles. The molecule has 88 valence electrons. The van der Waals surface area contributed by atoms with E-state index in [1.54, 1.807) is 12.1 Å². The van der Waals surface area contributed by atoms with E-state index in [4.69, 9.17) is 5.11 Å². The lowest BCUT2D eigenvalue weighted by atomic mass is 10.4. The quantitative estimate of drug-likeness (QED) is 0.588. The maximum atomic E-state index is 11.5. The molecular weight excluding hydrogens is 230 g/mol. The van der Waals surface area contributed by atoms with Gasteiger partial charge in [-0.25, -0.2) is 4.79 Å². The third kappa shape index (κ3) is 3.32. The molecule has 0 saturated carbocycles. The van der Waals surface area contributed by atoms with Crippen molar-refractivity contribution in [3.8, 4) is 0 Å². The normalized spacial score (nSPS) is 9.88. The molecule has 2 N–H and O–H groups in total. The Morgan fingerprint density at radius 3 is 2.75 bits per heavy atom. The number of hydrogen-bond donors (Lipinski definition) is 2. The number of methoxy groups -OCH3 is 1. The van der Waals surface area contributed by atoms with Crippen molar-refractivity contribution < 1.29 is 19.4 Å². The predicted molar refractivity (Wildman–Crippen MR) is 59.7 cm³/mol. The largest absolute Gasteiger partial charge is 0.465 e. The molecule has 5 nitrogen and oxygen atoms in total. The van der Waals surface area contributed by atoms with Crippen molar-refractivity contribution in [2.45, 2.75) is 6.42 Å². The Morgan fingerprint density at radius 2 is 2.12 bits per heavy atom. The third-order valence-electron chi connectivity index (χ3n) is 1.84. The number of rotatable bonds is 5. The zero-order valence-electron chi connectivity index (χ0n) is 8.86. The number of hydrogen-bond acceptors (Lipinski definition) is 5. The number of carbonyl (C=O) groups excluding carboxylic acids is 2. The van der Waals surface area contributed by atoms with Gasteiger partial charge in [0.25, 0.3) is 5.91 Å². The van der Waals surface area contributed by atoms with Crippen LogP contribution in [0.25, 0.3) is 0 Å². The highest BCUT2D eigenvalue weighted by atomic mass is 32.1. The molecule has 1 aromatic heterocycles. The Bertz CT molecular complexity index is 375. The molecule has 16 heavy (non-hydrogen) atoms. The Labute approximate surface area is 97.0 Å². The lowest BCUT2D eigenvalue weighted by molar-refractivity contribution is 0.0606. The fourth-order valence-electron chi connectivity index (χ4n) is 1.04. The van der Waals surface area contributed by atoms with E-state index in [0.29, 0.717) is 22.7 Å². The molecule has 0 spiro atoms. The molecule has 0 aliphatic heterocycles. The Balaban J connectivity index is 2.56. The van der Waals surface area contributed by atoms with E-state index in [1.165, 1.54) is 7.11 Å². The summed E-state index contributed by atoms with van der Waals surface area (Å²) in [5, 5.41) is 11.2. The van der Waals surface area contributed by atoms with Gasteiger partial charge in [0.1, 0.15) is 4.88 Å². The minimum absolute atomic E-state index is 0.0398. The lowest BCUT2D eigenvalue weighted by Gasteiger charge is -2.00. The molecule has 0 radical (unpaired) electrons. The first-order valence-corrected chi connectivity index (χ1v) is 5.58. The van der Waals surface area contributed by atoms with Gasteiger partial charge in [0.2, 0.25) is 0 Å². The van der Waals surface area contributed by atoms with Gasteiger partial charge < -0.3 is 15.2 Å². The summed E-state index contributed by atoms with van der Waals surface area (Å²) in [5.41, 5.74) is 0. The fourth-order valence-corrected chi connectivity index (χ4v) is 1.88. The molecule has 1 aromatic rings. The number of nitrogens with one attached hydrogen (secondary N) is 1. The minimum Gasteiger partial charge on any atom is -0.465 e. The zero-order chi connectivity index (χ0) is 12.0. The summed E-state index contributed by atoms with van der Waals surface area (Å²) in [6.45, 7) is 0.457. The summed E-state index contributed by atoms with van der Waals surface area (Å²) in [7, 11) is 1.29. The van der Waals surface area contributed by atoms with Crippen LogP contribution >= 0.6 is 11.3 Å². The number of carbonyl (C=O) groups is 2. The van der Waals surface area contributed by atoms with Crippen molar-refractivity contribution >= 4 is 23.2 Å². The van der Waals surface area contributed by atoms with Gasteiger partial charge in [-0.05, 0) is 18.6 Å². The summed E-state index contributed by atoms with van der Waals surface area (Å²) >= 11 is 1.08. The molecule has 0 bridgehead atoms. The first kappa shape index (κ1) is 12.7.